The minimum absolute atomic E-state index is 0.0380. The van der Waals surface area contributed by atoms with Gasteiger partial charge in [-0.1, -0.05) is 110 Å². The number of pyridine rings is 1. The van der Waals surface area contributed by atoms with E-state index in [1.807, 2.05) is 24.3 Å². The Hall–Kier alpha value is -3.24. The number of nitrogens with one attached hydrogen (secondary N) is 1. The van der Waals surface area contributed by atoms with Gasteiger partial charge in [0.05, 0.1) is 36.0 Å². The largest absolute Gasteiger partial charge is 0.497 e. The third-order valence-electron chi connectivity index (χ3n) is 11.7. The molecule has 0 saturated carbocycles. The van der Waals surface area contributed by atoms with Crippen LogP contribution < -0.4 is 10.1 Å². The predicted octanol–water partition coefficient (Wildman–Crippen LogP) is 10.1. The molecule has 3 fully saturated rings. The van der Waals surface area contributed by atoms with E-state index in [9.17, 15) is 9.59 Å². The number of hydrogen-bond donors (Lipinski definition) is 1. The molecular weight excluding hydrogens is 711 g/mol. The Morgan fingerprint density at radius 2 is 1.67 bits per heavy atom. The third-order valence-corrected chi connectivity index (χ3v) is 13.9. The summed E-state index contributed by atoms with van der Waals surface area (Å²) in [6.07, 6.45) is 21.6. The normalized spacial score (nSPS) is 21.3. The number of carbonyl (C=O) groups is 2. The zero-order chi connectivity index (χ0) is 39.6. The van der Waals surface area contributed by atoms with Gasteiger partial charge >= 0.3 is 12.1 Å². The van der Waals surface area contributed by atoms with Crippen molar-refractivity contribution in [2.75, 3.05) is 33.4 Å². The number of ether oxygens (including phenoxy) is 3. The first-order chi connectivity index (χ1) is 26.7. The second-order valence-corrected chi connectivity index (χ2v) is 17.6. The Morgan fingerprint density at radius 1 is 1.02 bits per heavy atom. The number of esters is 1. The molecular formula is C45H69N3O6S. The Kier molecular flexibility index (Phi) is 18.7. The van der Waals surface area contributed by atoms with Crippen LogP contribution in [0.2, 0.25) is 0 Å². The monoisotopic (exact) mass is 779 g/mol. The molecule has 0 radical (unpaired) electrons. The molecule has 306 valence electrons. The molecule has 55 heavy (non-hydrogen) atoms. The summed E-state index contributed by atoms with van der Waals surface area (Å²) in [6, 6.07) is 7.29. The van der Waals surface area contributed by atoms with Crippen LogP contribution in [0.5, 0.6) is 5.75 Å². The average Bonchev–Trinajstić information content (AvgIpc) is 3.20. The summed E-state index contributed by atoms with van der Waals surface area (Å²) in [6.45, 7) is 15.5. The molecule has 10 heteroatoms. The first-order valence-electron chi connectivity index (χ1n) is 21.2. The summed E-state index contributed by atoms with van der Waals surface area (Å²) in [5.74, 6) is 0.774. The number of piperidine rings is 3. The summed E-state index contributed by atoms with van der Waals surface area (Å²) in [7, 11) is -0.0267. The molecule has 2 bridgehead atoms. The highest BCUT2D eigenvalue weighted by Gasteiger charge is 2.58. The maximum Gasteiger partial charge on any atom is 0.409 e. The van der Waals surface area contributed by atoms with E-state index in [2.05, 4.69) is 43.3 Å². The molecule has 3 saturated heterocycles. The van der Waals surface area contributed by atoms with Crippen LogP contribution in [0.15, 0.2) is 55.3 Å². The fourth-order valence-electron chi connectivity index (χ4n) is 8.55. The minimum atomic E-state index is -1.66. The predicted molar refractivity (Wildman–Crippen MR) is 225 cm³/mol. The van der Waals surface area contributed by atoms with Crippen molar-refractivity contribution in [3.05, 3.63) is 60.8 Å². The maximum atomic E-state index is 16.1. The zero-order valence-corrected chi connectivity index (χ0v) is 35.1. The molecule has 5 rings (SSSR count). The van der Waals surface area contributed by atoms with Gasteiger partial charge in [0.2, 0.25) is 4.93 Å². The number of methoxy groups -OCH3 is 1. The number of alkyl carbamates (subject to hydrolysis) is 1. The topological polar surface area (TPSA) is 107 Å². The number of unbranched alkanes of at least 4 members (excludes halogenated alkanes) is 11. The lowest BCUT2D eigenvalue weighted by atomic mass is 9.73. The van der Waals surface area contributed by atoms with Gasteiger partial charge in [-0.25, -0.2) is 9.59 Å². The molecule has 1 aromatic heterocycles. The molecule has 1 N–H and O–H groups in total. The van der Waals surface area contributed by atoms with Crippen LogP contribution in [0.1, 0.15) is 135 Å². The molecule has 0 aliphatic carbocycles. The smallest absolute Gasteiger partial charge is 0.409 e. The molecule has 0 spiro atoms. The lowest BCUT2D eigenvalue weighted by Crippen LogP contribution is -2.64. The Labute approximate surface area is 333 Å². The van der Waals surface area contributed by atoms with E-state index in [4.69, 9.17) is 19.2 Å². The molecule has 1 amide bonds. The van der Waals surface area contributed by atoms with Crippen LogP contribution in [0.3, 0.4) is 0 Å². The van der Waals surface area contributed by atoms with Gasteiger partial charge in [-0.05, 0) is 75.3 Å². The number of hydrogen-bond acceptors (Lipinski definition) is 8. The Bertz CT molecular complexity index is 1570. The van der Waals surface area contributed by atoms with Gasteiger partial charge in [0.1, 0.15) is 12.4 Å². The second-order valence-electron chi connectivity index (χ2n) is 15.7. The molecule has 3 unspecified atom stereocenters. The van der Waals surface area contributed by atoms with E-state index in [0.29, 0.717) is 23.1 Å². The van der Waals surface area contributed by atoms with E-state index < -0.39 is 27.8 Å². The van der Waals surface area contributed by atoms with Crippen molar-refractivity contribution in [3.63, 3.8) is 0 Å². The number of benzene rings is 1. The van der Waals surface area contributed by atoms with Crippen molar-refractivity contribution in [1.29, 1.82) is 0 Å². The lowest BCUT2D eigenvalue weighted by Gasteiger charge is -2.55. The fraction of sp³-hybridized carbons (Fsp3) is 0.667. The molecule has 3 aliphatic rings. The van der Waals surface area contributed by atoms with Crippen molar-refractivity contribution >= 4 is 33.8 Å². The molecule has 3 aliphatic heterocycles. The highest BCUT2D eigenvalue weighted by atomic mass is 32.2. The number of carbonyl (C=O) groups excluding carboxylic acids is 2. The van der Waals surface area contributed by atoms with E-state index in [1.165, 1.54) is 44.9 Å². The van der Waals surface area contributed by atoms with Gasteiger partial charge < -0.3 is 19.5 Å². The van der Waals surface area contributed by atoms with Crippen LogP contribution in [-0.2, 0) is 30.0 Å². The van der Waals surface area contributed by atoms with Crippen LogP contribution in [0, 0.1) is 11.8 Å². The van der Waals surface area contributed by atoms with Gasteiger partial charge in [0.25, 0.3) is 0 Å². The third kappa shape index (κ3) is 12.1. The summed E-state index contributed by atoms with van der Waals surface area (Å²) in [5.41, 5.74) is 1.70. The highest BCUT2D eigenvalue weighted by Crippen LogP contribution is 2.50. The first kappa shape index (κ1) is 44.5. The number of fused-ring (bicyclic) bond motifs is 4. The quantitative estimate of drug-likeness (QED) is 0.0435. The van der Waals surface area contributed by atoms with Gasteiger partial charge in [0, 0.05) is 34.5 Å². The van der Waals surface area contributed by atoms with Crippen LogP contribution in [0.4, 0.5) is 4.79 Å². The lowest BCUT2D eigenvalue weighted by molar-refractivity contribution is -0.138. The van der Waals surface area contributed by atoms with Crippen LogP contribution in [-0.4, -0.2) is 70.8 Å². The Balaban J connectivity index is 1.79. The highest BCUT2D eigenvalue weighted by molar-refractivity contribution is 7.86. The molecule has 7 atom stereocenters. The van der Waals surface area contributed by atoms with E-state index in [1.54, 1.807) is 20.2 Å². The van der Waals surface area contributed by atoms with Crippen LogP contribution in [0.25, 0.3) is 10.9 Å². The second kappa shape index (κ2) is 23.1. The van der Waals surface area contributed by atoms with Crippen molar-refractivity contribution in [2.45, 2.75) is 146 Å². The fourth-order valence-corrected chi connectivity index (χ4v) is 10.9. The van der Waals surface area contributed by atoms with Gasteiger partial charge in [-0.15, -0.1) is 6.58 Å². The summed E-state index contributed by atoms with van der Waals surface area (Å²) >= 11 is 0. The average molecular weight is 780 g/mol. The van der Waals surface area contributed by atoms with Crippen molar-refractivity contribution in [2.24, 2.45) is 11.8 Å². The number of amides is 1. The first-order valence-corrected chi connectivity index (χ1v) is 22.4. The van der Waals surface area contributed by atoms with Crippen molar-refractivity contribution in [3.8, 4) is 5.75 Å². The van der Waals surface area contributed by atoms with Gasteiger partial charge in [-0.3, -0.25) is 14.1 Å². The van der Waals surface area contributed by atoms with Gasteiger partial charge in [-0.2, -0.15) is 0 Å². The summed E-state index contributed by atoms with van der Waals surface area (Å²) in [4.78, 5) is 31.9. The number of rotatable bonds is 26. The SMILES string of the molecule is C=C[C@H]1CN2CC[C@H]1C[C@@H]2[C@@](OC(=O)NCCOC(=O)C(=C)C)(c1ccnc2ccc(OC)cc12)S(=O)C(CCCCCCC)CCCCCCCCCC. The molecule has 1 aromatic carbocycles. The molecule has 4 heterocycles. The summed E-state index contributed by atoms with van der Waals surface area (Å²) in [5, 5.41) is 3.41. The molecule has 2 aromatic rings. The van der Waals surface area contributed by atoms with Gasteiger partial charge in [0.15, 0.2) is 0 Å². The standard InChI is InChI=1S/C45H69N3O6S/c1-7-10-12-14-15-16-18-20-22-38(21-19-17-13-11-8-2)55(51)45(42-31-36-26-29-48(42)33-35(36)9-3,54-44(50)47-28-30-53-43(49)34(4)5)40-25-27-46-41-24-23-37(52-6)32-39(40)41/h9,23-25,27,32,35-36,38,42H,3-4,7-8,10-22,26,28-31,33H2,1-2,5-6H3,(H,47,50)/t35-,36-,38?,42+,45+,55?/m0/s1. The Morgan fingerprint density at radius 3 is 2.25 bits per heavy atom. The van der Waals surface area contributed by atoms with Crippen molar-refractivity contribution in [1.82, 2.24) is 15.2 Å². The minimum Gasteiger partial charge on any atom is -0.497 e. The maximum absolute atomic E-state index is 16.1. The number of aromatic nitrogens is 1. The van der Waals surface area contributed by atoms with E-state index >= 15 is 4.21 Å². The molecule has 9 nitrogen and oxygen atoms in total. The summed E-state index contributed by atoms with van der Waals surface area (Å²) < 4.78 is 33.9. The van der Waals surface area contributed by atoms with Crippen LogP contribution >= 0.6 is 0 Å². The van der Waals surface area contributed by atoms with E-state index in [-0.39, 0.29) is 30.0 Å². The van der Waals surface area contributed by atoms with E-state index in [0.717, 1.165) is 88.2 Å². The van der Waals surface area contributed by atoms with Crippen molar-refractivity contribution < 1.29 is 28.0 Å². The zero-order valence-electron chi connectivity index (χ0n) is 34.3. The number of nitrogens with zero attached hydrogens (tertiary/aromatic N) is 2.